The van der Waals surface area contributed by atoms with Crippen LogP contribution in [0.2, 0.25) is 0 Å². The van der Waals surface area contributed by atoms with Gasteiger partial charge in [0, 0.05) is 6.42 Å². The largest absolute Gasteiger partial charge is 0.451 e. The summed E-state index contributed by atoms with van der Waals surface area (Å²) in [5.74, 6) is 0.768. The van der Waals surface area contributed by atoms with Gasteiger partial charge in [-0.25, -0.2) is 9.97 Å². The minimum Gasteiger partial charge on any atom is -0.451 e. The zero-order valence-electron chi connectivity index (χ0n) is 8.06. The first-order chi connectivity index (χ1) is 6.90. The topological polar surface area (TPSA) is 52.1 Å². The van der Waals surface area contributed by atoms with Gasteiger partial charge in [0.05, 0.1) is 0 Å². The Labute approximate surface area is 82.0 Å². The molecular weight excluding hydrogens is 180 g/mol. The summed E-state index contributed by atoms with van der Waals surface area (Å²) in [7, 11) is 0. The second kappa shape index (κ2) is 4.09. The number of nitrogens with zero attached hydrogens (tertiary/aromatic N) is 2. The van der Waals surface area contributed by atoms with Gasteiger partial charge in [-0.3, -0.25) is 0 Å². The molecule has 0 aromatic carbocycles. The van der Waals surface area contributed by atoms with Crippen molar-refractivity contribution in [1.82, 2.24) is 9.97 Å². The first kappa shape index (κ1) is 8.99. The average molecular weight is 192 g/mol. The molecule has 0 radical (unpaired) electrons. The van der Waals surface area contributed by atoms with E-state index < -0.39 is 0 Å². The fourth-order valence-corrected chi connectivity index (χ4v) is 1.21. The van der Waals surface area contributed by atoms with Gasteiger partial charge in [-0.15, -0.1) is 0 Å². The van der Waals surface area contributed by atoms with Crippen LogP contribution in [0.25, 0.3) is 11.4 Å². The summed E-state index contributed by atoms with van der Waals surface area (Å²) >= 11 is 0. The molecule has 4 heteroatoms. The van der Waals surface area contributed by atoms with Crippen LogP contribution in [-0.2, 0) is 6.42 Å². The highest BCUT2D eigenvalue weighted by molar-refractivity contribution is 5.49. The summed E-state index contributed by atoms with van der Waals surface area (Å²) in [4.78, 5) is 8.29. The van der Waals surface area contributed by atoms with Crippen LogP contribution in [0.5, 0.6) is 0 Å². The van der Waals surface area contributed by atoms with Crippen molar-refractivity contribution in [3.63, 3.8) is 0 Å². The van der Waals surface area contributed by atoms with Gasteiger partial charge in [0.25, 0.3) is 0 Å². The van der Waals surface area contributed by atoms with Gasteiger partial charge in [0.2, 0.25) is 0 Å². The molecule has 0 saturated heterocycles. The normalized spacial score (nSPS) is 10.6. The molecule has 0 bridgehead atoms. The lowest BCUT2D eigenvalue weighted by molar-refractivity contribution is 0.486. The Kier molecular flexibility index (Phi) is 2.62. The predicted octanol–water partition coefficient (Wildman–Crippen LogP) is 2.67. The lowest BCUT2D eigenvalue weighted by atomic mass is 10.2. The molecule has 2 aromatic rings. The molecule has 0 atom stereocenters. The summed E-state index contributed by atoms with van der Waals surface area (Å²) < 4.78 is 10.2. The van der Waals surface area contributed by atoms with E-state index in [1.807, 2.05) is 0 Å². The van der Waals surface area contributed by atoms with Crippen LogP contribution in [0.1, 0.15) is 25.7 Å². The van der Waals surface area contributed by atoms with Crippen LogP contribution < -0.4 is 0 Å². The summed E-state index contributed by atoms with van der Waals surface area (Å²) in [5, 5.41) is 0. The van der Waals surface area contributed by atoms with Gasteiger partial charge in [0.1, 0.15) is 23.9 Å². The molecule has 0 amide bonds. The van der Waals surface area contributed by atoms with Crippen LogP contribution in [-0.4, -0.2) is 9.97 Å². The molecule has 0 unspecified atom stereocenters. The van der Waals surface area contributed by atoms with Crippen LogP contribution in [0.3, 0.4) is 0 Å². The number of hydrogen-bond donors (Lipinski definition) is 0. The van der Waals surface area contributed by atoms with E-state index in [1.165, 1.54) is 6.39 Å². The highest BCUT2D eigenvalue weighted by Gasteiger charge is 2.07. The van der Waals surface area contributed by atoms with E-state index in [9.17, 15) is 0 Å². The first-order valence-corrected chi connectivity index (χ1v) is 4.73. The van der Waals surface area contributed by atoms with Gasteiger partial charge in [-0.1, -0.05) is 13.3 Å². The molecule has 74 valence electrons. The quantitative estimate of drug-likeness (QED) is 0.747. The molecular formula is C10H12N2O2. The van der Waals surface area contributed by atoms with Crippen LogP contribution in [0, 0.1) is 0 Å². The summed E-state index contributed by atoms with van der Waals surface area (Å²) in [5.41, 5.74) is 1.46. The third-order valence-electron chi connectivity index (χ3n) is 1.99. The van der Waals surface area contributed by atoms with Crippen molar-refractivity contribution < 1.29 is 8.83 Å². The SMILES string of the molecule is CCCCc1nc(-c2cocn2)co1. The Hall–Kier alpha value is -1.58. The van der Waals surface area contributed by atoms with Gasteiger partial charge >= 0.3 is 0 Å². The number of unbranched alkanes of at least 4 members (excludes halogenated alkanes) is 1. The zero-order valence-corrected chi connectivity index (χ0v) is 8.06. The highest BCUT2D eigenvalue weighted by atomic mass is 16.3. The lowest BCUT2D eigenvalue weighted by Crippen LogP contribution is -1.84. The maximum Gasteiger partial charge on any atom is 0.194 e. The molecule has 0 aliphatic heterocycles. The third kappa shape index (κ3) is 1.84. The Bertz CT molecular complexity index is 378. The number of rotatable bonds is 4. The molecule has 0 fully saturated rings. The maximum absolute atomic E-state index is 5.30. The van der Waals surface area contributed by atoms with Gasteiger partial charge in [-0.05, 0) is 6.42 Å². The van der Waals surface area contributed by atoms with E-state index in [2.05, 4.69) is 16.9 Å². The second-order valence-electron chi connectivity index (χ2n) is 3.10. The molecule has 4 nitrogen and oxygen atoms in total. The summed E-state index contributed by atoms with van der Waals surface area (Å²) in [6.07, 6.45) is 7.68. The van der Waals surface area contributed by atoms with Crippen LogP contribution in [0.4, 0.5) is 0 Å². The fourth-order valence-electron chi connectivity index (χ4n) is 1.21. The lowest BCUT2D eigenvalue weighted by Gasteiger charge is -1.89. The van der Waals surface area contributed by atoms with E-state index in [4.69, 9.17) is 8.83 Å². The Morgan fingerprint density at radius 2 is 2.21 bits per heavy atom. The van der Waals surface area contributed by atoms with Crippen molar-refractivity contribution >= 4 is 0 Å². The molecule has 0 N–H and O–H groups in total. The van der Waals surface area contributed by atoms with Crippen LogP contribution >= 0.6 is 0 Å². The molecule has 14 heavy (non-hydrogen) atoms. The van der Waals surface area contributed by atoms with E-state index in [0.29, 0.717) is 0 Å². The molecule has 0 saturated carbocycles. The Balaban J connectivity index is 2.10. The average Bonchev–Trinajstić information content (AvgIpc) is 2.85. The minimum absolute atomic E-state index is 0.719. The monoisotopic (exact) mass is 192 g/mol. The minimum atomic E-state index is 0.719. The first-order valence-electron chi connectivity index (χ1n) is 4.73. The highest BCUT2D eigenvalue weighted by Crippen LogP contribution is 2.16. The third-order valence-corrected chi connectivity index (χ3v) is 1.99. The van der Waals surface area contributed by atoms with Crippen molar-refractivity contribution in [3.8, 4) is 11.4 Å². The number of hydrogen-bond acceptors (Lipinski definition) is 4. The van der Waals surface area contributed by atoms with Gasteiger partial charge in [-0.2, -0.15) is 0 Å². The van der Waals surface area contributed by atoms with Gasteiger partial charge in [0.15, 0.2) is 12.3 Å². The summed E-state index contributed by atoms with van der Waals surface area (Å²) in [6, 6.07) is 0. The van der Waals surface area contributed by atoms with Crippen molar-refractivity contribution in [2.24, 2.45) is 0 Å². The van der Waals surface area contributed by atoms with E-state index in [0.717, 1.165) is 36.5 Å². The van der Waals surface area contributed by atoms with Crippen molar-refractivity contribution in [3.05, 3.63) is 24.8 Å². The van der Waals surface area contributed by atoms with Gasteiger partial charge < -0.3 is 8.83 Å². The fraction of sp³-hybridized carbons (Fsp3) is 0.400. The Morgan fingerprint density at radius 3 is 2.93 bits per heavy atom. The van der Waals surface area contributed by atoms with Crippen molar-refractivity contribution in [2.45, 2.75) is 26.2 Å². The number of aromatic nitrogens is 2. The number of oxazole rings is 2. The van der Waals surface area contributed by atoms with Crippen molar-refractivity contribution in [2.75, 3.05) is 0 Å². The molecule has 2 heterocycles. The zero-order chi connectivity index (χ0) is 9.80. The number of aryl methyl sites for hydroxylation is 1. The van der Waals surface area contributed by atoms with Crippen LogP contribution in [0.15, 0.2) is 27.8 Å². The van der Waals surface area contributed by atoms with E-state index >= 15 is 0 Å². The second-order valence-corrected chi connectivity index (χ2v) is 3.10. The predicted molar refractivity (Wildman–Crippen MR) is 50.6 cm³/mol. The molecule has 0 aliphatic carbocycles. The smallest absolute Gasteiger partial charge is 0.194 e. The Morgan fingerprint density at radius 1 is 1.29 bits per heavy atom. The molecule has 2 aromatic heterocycles. The molecule has 2 rings (SSSR count). The standard InChI is InChI=1S/C10H12N2O2/c1-2-3-4-10-12-9(6-14-10)8-5-13-7-11-8/h5-7H,2-4H2,1H3. The van der Waals surface area contributed by atoms with Crippen molar-refractivity contribution in [1.29, 1.82) is 0 Å². The molecule has 0 aliphatic rings. The maximum atomic E-state index is 5.30. The summed E-state index contributed by atoms with van der Waals surface area (Å²) in [6.45, 7) is 2.14. The van der Waals surface area contributed by atoms with E-state index in [-0.39, 0.29) is 0 Å². The molecule has 0 spiro atoms. The van der Waals surface area contributed by atoms with E-state index in [1.54, 1.807) is 12.5 Å².